The lowest BCUT2D eigenvalue weighted by atomic mass is 9.94. The quantitative estimate of drug-likeness (QED) is 0.694. The van der Waals surface area contributed by atoms with Gasteiger partial charge in [0.05, 0.1) is 6.54 Å². The molecule has 4 nitrogen and oxygen atoms in total. The largest absolute Gasteiger partial charge is 0.342 e. The van der Waals surface area contributed by atoms with Gasteiger partial charge in [0.2, 0.25) is 5.91 Å². The van der Waals surface area contributed by atoms with Crippen LogP contribution in [0.4, 0.5) is 0 Å². The second-order valence-corrected chi connectivity index (χ2v) is 5.28. The lowest BCUT2D eigenvalue weighted by Crippen LogP contribution is -2.38. The molecule has 1 aliphatic heterocycles. The minimum atomic E-state index is 0.225. The number of carbonyl (C=O) groups is 1. The molecule has 0 bridgehead atoms. The number of hydrogen-bond acceptors (Lipinski definition) is 3. The van der Waals surface area contributed by atoms with Crippen molar-refractivity contribution in [1.82, 2.24) is 15.1 Å². The first kappa shape index (κ1) is 15.4. The number of nitrogens with one attached hydrogen (secondary N) is 1. The molecule has 0 saturated carbocycles. The number of piperidine rings is 1. The zero-order chi connectivity index (χ0) is 13.4. The predicted molar refractivity (Wildman–Crippen MR) is 75.6 cm³/mol. The zero-order valence-electron chi connectivity index (χ0n) is 12.2. The smallest absolute Gasteiger partial charge is 0.236 e. The van der Waals surface area contributed by atoms with E-state index in [1.807, 2.05) is 18.7 Å². The van der Waals surface area contributed by atoms with E-state index >= 15 is 0 Å². The van der Waals surface area contributed by atoms with Crippen molar-refractivity contribution in [2.45, 2.75) is 33.1 Å². The number of likely N-dealkylation sites (tertiary alicyclic amines) is 1. The zero-order valence-corrected chi connectivity index (χ0v) is 12.2. The van der Waals surface area contributed by atoms with Gasteiger partial charge in [-0.05, 0) is 65.7 Å². The second-order valence-electron chi connectivity index (χ2n) is 5.28. The van der Waals surface area contributed by atoms with E-state index in [1.165, 1.54) is 32.4 Å². The minimum absolute atomic E-state index is 0.225. The topological polar surface area (TPSA) is 35.6 Å². The standard InChI is InChI=1S/C14H29N3O/c1-4-17(5-2)14(18)12-15-9-6-13-7-10-16(3)11-8-13/h13,15H,4-12H2,1-3H3. The Hall–Kier alpha value is -0.610. The third kappa shape index (κ3) is 5.36. The SMILES string of the molecule is CCN(CC)C(=O)CNCCC1CCN(C)CC1. The summed E-state index contributed by atoms with van der Waals surface area (Å²) in [5, 5.41) is 3.29. The Kier molecular flexibility index (Phi) is 7.28. The first-order valence-electron chi connectivity index (χ1n) is 7.34. The number of nitrogens with zero attached hydrogens (tertiary/aromatic N) is 2. The van der Waals surface area contributed by atoms with E-state index in [4.69, 9.17) is 0 Å². The normalized spacial score (nSPS) is 17.9. The van der Waals surface area contributed by atoms with Crippen molar-refractivity contribution < 1.29 is 4.79 Å². The van der Waals surface area contributed by atoms with Gasteiger partial charge in [-0.2, -0.15) is 0 Å². The van der Waals surface area contributed by atoms with Crippen molar-refractivity contribution in [3.05, 3.63) is 0 Å². The molecule has 1 rings (SSSR count). The Morgan fingerprint density at radius 2 is 1.89 bits per heavy atom. The van der Waals surface area contributed by atoms with Crippen molar-refractivity contribution in [1.29, 1.82) is 0 Å². The third-order valence-electron chi connectivity index (χ3n) is 3.96. The van der Waals surface area contributed by atoms with Gasteiger partial charge in [-0.25, -0.2) is 0 Å². The van der Waals surface area contributed by atoms with Gasteiger partial charge in [0, 0.05) is 13.1 Å². The van der Waals surface area contributed by atoms with Crippen LogP contribution in [0.3, 0.4) is 0 Å². The molecule has 1 saturated heterocycles. The fourth-order valence-electron chi connectivity index (χ4n) is 2.54. The van der Waals surface area contributed by atoms with Crippen molar-refractivity contribution >= 4 is 5.91 Å². The molecule has 0 radical (unpaired) electrons. The van der Waals surface area contributed by atoms with Gasteiger partial charge in [-0.3, -0.25) is 4.79 Å². The molecule has 1 N–H and O–H groups in total. The second kappa shape index (κ2) is 8.48. The highest BCUT2D eigenvalue weighted by Crippen LogP contribution is 2.18. The highest BCUT2D eigenvalue weighted by Gasteiger charge is 2.16. The van der Waals surface area contributed by atoms with E-state index in [1.54, 1.807) is 0 Å². The van der Waals surface area contributed by atoms with E-state index in [9.17, 15) is 4.79 Å². The highest BCUT2D eigenvalue weighted by atomic mass is 16.2. The molecule has 0 aliphatic carbocycles. The summed E-state index contributed by atoms with van der Waals surface area (Å²) in [4.78, 5) is 16.0. The molecule has 106 valence electrons. The van der Waals surface area contributed by atoms with E-state index in [0.717, 1.165) is 25.6 Å². The van der Waals surface area contributed by atoms with Gasteiger partial charge in [-0.1, -0.05) is 0 Å². The molecule has 18 heavy (non-hydrogen) atoms. The van der Waals surface area contributed by atoms with Crippen molar-refractivity contribution in [2.24, 2.45) is 5.92 Å². The van der Waals surface area contributed by atoms with Crippen LogP contribution in [0.25, 0.3) is 0 Å². The maximum atomic E-state index is 11.8. The van der Waals surface area contributed by atoms with Crippen LogP contribution < -0.4 is 5.32 Å². The van der Waals surface area contributed by atoms with Crippen molar-refractivity contribution in [3.8, 4) is 0 Å². The van der Waals surface area contributed by atoms with Crippen LogP contribution in [0, 0.1) is 5.92 Å². The Morgan fingerprint density at radius 1 is 1.28 bits per heavy atom. The molecule has 0 aromatic carbocycles. The van der Waals surface area contributed by atoms with Crippen LogP contribution in [-0.4, -0.2) is 62.0 Å². The molecular formula is C14H29N3O. The molecule has 0 atom stereocenters. The maximum absolute atomic E-state index is 11.8. The van der Waals surface area contributed by atoms with Crippen LogP contribution in [0.1, 0.15) is 33.1 Å². The van der Waals surface area contributed by atoms with Gasteiger partial charge in [0.1, 0.15) is 0 Å². The summed E-state index contributed by atoms with van der Waals surface area (Å²) in [6, 6.07) is 0. The van der Waals surface area contributed by atoms with E-state index in [-0.39, 0.29) is 5.91 Å². The van der Waals surface area contributed by atoms with Gasteiger partial charge in [0.15, 0.2) is 0 Å². The molecule has 0 spiro atoms. The third-order valence-corrected chi connectivity index (χ3v) is 3.96. The molecule has 1 amide bonds. The lowest BCUT2D eigenvalue weighted by molar-refractivity contribution is -0.129. The predicted octanol–water partition coefficient (Wildman–Crippen LogP) is 1.18. The average Bonchev–Trinajstić information content (AvgIpc) is 2.38. The van der Waals surface area contributed by atoms with Crippen LogP contribution in [0.15, 0.2) is 0 Å². The highest BCUT2D eigenvalue weighted by molar-refractivity contribution is 5.78. The average molecular weight is 255 g/mol. The summed E-state index contributed by atoms with van der Waals surface area (Å²) in [6.45, 7) is 9.60. The van der Waals surface area contributed by atoms with Crippen molar-refractivity contribution in [2.75, 3.05) is 46.3 Å². The lowest BCUT2D eigenvalue weighted by Gasteiger charge is -2.29. The van der Waals surface area contributed by atoms with Crippen LogP contribution >= 0.6 is 0 Å². The summed E-state index contributed by atoms with van der Waals surface area (Å²) in [6.07, 6.45) is 3.82. The van der Waals surface area contributed by atoms with Crippen LogP contribution in [-0.2, 0) is 4.79 Å². The fraction of sp³-hybridized carbons (Fsp3) is 0.929. The number of rotatable bonds is 7. The minimum Gasteiger partial charge on any atom is -0.342 e. The number of carbonyl (C=O) groups excluding carboxylic acids is 1. The summed E-state index contributed by atoms with van der Waals surface area (Å²) in [5.74, 6) is 1.07. The van der Waals surface area contributed by atoms with E-state index in [0.29, 0.717) is 6.54 Å². The summed E-state index contributed by atoms with van der Waals surface area (Å²) < 4.78 is 0. The molecule has 0 aromatic heterocycles. The molecule has 0 unspecified atom stereocenters. The van der Waals surface area contributed by atoms with Gasteiger partial charge >= 0.3 is 0 Å². The number of likely N-dealkylation sites (N-methyl/N-ethyl adjacent to an activating group) is 1. The van der Waals surface area contributed by atoms with E-state index in [2.05, 4.69) is 17.3 Å². The van der Waals surface area contributed by atoms with Crippen molar-refractivity contribution in [3.63, 3.8) is 0 Å². The Bertz CT molecular complexity index is 233. The monoisotopic (exact) mass is 255 g/mol. The summed E-state index contributed by atoms with van der Waals surface area (Å²) in [5.41, 5.74) is 0. The molecule has 1 aliphatic rings. The molecule has 1 fully saturated rings. The first-order chi connectivity index (χ1) is 8.67. The summed E-state index contributed by atoms with van der Waals surface area (Å²) >= 11 is 0. The summed E-state index contributed by atoms with van der Waals surface area (Å²) in [7, 11) is 2.19. The Balaban J connectivity index is 2.06. The molecule has 4 heteroatoms. The number of hydrogen-bond donors (Lipinski definition) is 1. The van der Waals surface area contributed by atoms with Gasteiger partial charge < -0.3 is 15.1 Å². The van der Waals surface area contributed by atoms with Gasteiger partial charge in [-0.15, -0.1) is 0 Å². The molecular weight excluding hydrogens is 226 g/mol. The number of amides is 1. The van der Waals surface area contributed by atoms with E-state index < -0.39 is 0 Å². The van der Waals surface area contributed by atoms with Gasteiger partial charge in [0.25, 0.3) is 0 Å². The van der Waals surface area contributed by atoms with Crippen LogP contribution in [0.2, 0.25) is 0 Å². The molecule has 1 heterocycles. The molecule has 0 aromatic rings. The first-order valence-corrected chi connectivity index (χ1v) is 7.34. The van der Waals surface area contributed by atoms with Crippen LogP contribution in [0.5, 0.6) is 0 Å². The fourth-order valence-corrected chi connectivity index (χ4v) is 2.54. The Morgan fingerprint density at radius 3 is 2.44 bits per heavy atom. The maximum Gasteiger partial charge on any atom is 0.236 e. The Labute approximate surface area is 112 Å².